The van der Waals surface area contributed by atoms with Crippen LogP contribution in [-0.4, -0.2) is 43.0 Å². The average molecular weight is 477 g/mol. The molecule has 0 saturated heterocycles. The minimum absolute atomic E-state index is 0.107. The van der Waals surface area contributed by atoms with E-state index in [1.54, 1.807) is 11.8 Å². The van der Waals surface area contributed by atoms with Gasteiger partial charge < -0.3 is 4.74 Å². The Balaban J connectivity index is 1.61. The van der Waals surface area contributed by atoms with Crippen LogP contribution in [-0.2, 0) is 10.0 Å². The van der Waals surface area contributed by atoms with Crippen LogP contribution in [0.1, 0.15) is 10.4 Å². The molecule has 0 unspecified atom stereocenters. The van der Waals surface area contributed by atoms with Crippen LogP contribution in [0, 0.1) is 0 Å². The number of hydrogen-bond donors (Lipinski definition) is 1. The number of alkyl halides is 3. The highest BCUT2D eigenvalue weighted by molar-refractivity contribution is 8.39. The summed E-state index contributed by atoms with van der Waals surface area (Å²) in [5, 5.41) is 0. The summed E-state index contributed by atoms with van der Waals surface area (Å²) in [6.45, 7) is 0.758. The number of rotatable bonds is 7. The number of sulfonamides is 1. The molecular formula is C18H15F3N2O4S3. The number of ether oxygens (including phenoxy) is 1. The SMILES string of the molecule is O=C(CSC1=NCCS1)c1ccc(NS(=O)(=O)c2ccc(OC(F)(F)F)cc2)cc1. The van der Waals surface area contributed by atoms with E-state index in [0.717, 1.165) is 40.9 Å². The van der Waals surface area contributed by atoms with Crippen LogP contribution in [0.15, 0.2) is 58.4 Å². The van der Waals surface area contributed by atoms with Gasteiger partial charge in [0.05, 0.1) is 17.2 Å². The number of Topliss-reactive ketones (excluding diaryl/α,β-unsaturated/α-hetero) is 1. The van der Waals surface area contributed by atoms with Gasteiger partial charge in [0.25, 0.3) is 10.0 Å². The third-order valence-corrected chi connectivity index (χ3v) is 7.36. The molecule has 30 heavy (non-hydrogen) atoms. The monoisotopic (exact) mass is 476 g/mol. The number of nitrogens with zero attached hydrogens (tertiary/aromatic N) is 1. The predicted octanol–water partition coefficient (Wildman–Crippen LogP) is 4.40. The fourth-order valence-electron chi connectivity index (χ4n) is 2.37. The second-order valence-corrected chi connectivity index (χ2v) is 9.90. The van der Waals surface area contributed by atoms with Crippen molar-refractivity contribution < 1.29 is 31.1 Å². The molecule has 0 aromatic heterocycles. The summed E-state index contributed by atoms with van der Waals surface area (Å²) in [5.74, 6) is 0.529. The number of nitrogens with one attached hydrogen (secondary N) is 1. The van der Waals surface area contributed by atoms with Crippen molar-refractivity contribution in [3.8, 4) is 5.75 Å². The number of halogens is 3. The van der Waals surface area contributed by atoms with Crippen LogP contribution in [0.25, 0.3) is 0 Å². The Bertz CT molecular complexity index is 1040. The molecule has 0 bridgehead atoms. The Kier molecular flexibility index (Phi) is 6.98. The number of hydrogen-bond acceptors (Lipinski definition) is 7. The largest absolute Gasteiger partial charge is 0.573 e. The standard InChI is InChI=1S/C18H15F3N2O4S3/c19-18(20,21)27-14-5-7-15(8-6-14)30(25,26)23-13-3-1-12(2-4-13)16(24)11-29-17-22-9-10-28-17/h1-8,23H,9-11H2. The van der Waals surface area contributed by atoms with Gasteiger partial charge >= 0.3 is 6.36 Å². The first-order valence-electron chi connectivity index (χ1n) is 8.44. The molecule has 0 amide bonds. The van der Waals surface area contributed by atoms with Crippen molar-refractivity contribution in [1.82, 2.24) is 0 Å². The number of benzene rings is 2. The summed E-state index contributed by atoms with van der Waals surface area (Å²) in [6.07, 6.45) is -4.86. The molecule has 12 heteroatoms. The minimum Gasteiger partial charge on any atom is -0.406 e. The van der Waals surface area contributed by atoms with Gasteiger partial charge in [-0.25, -0.2) is 8.42 Å². The molecule has 6 nitrogen and oxygen atoms in total. The van der Waals surface area contributed by atoms with Gasteiger partial charge in [0.1, 0.15) is 10.1 Å². The van der Waals surface area contributed by atoms with Crippen molar-refractivity contribution in [3.05, 3.63) is 54.1 Å². The molecule has 0 aliphatic carbocycles. The summed E-state index contributed by atoms with van der Waals surface area (Å²) in [4.78, 5) is 16.3. The third kappa shape index (κ3) is 6.41. The Labute approximate surface area is 179 Å². The minimum atomic E-state index is -4.86. The van der Waals surface area contributed by atoms with Crippen molar-refractivity contribution in [2.24, 2.45) is 4.99 Å². The van der Waals surface area contributed by atoms with Gasteiger partial charge in [-0.2, -0.15) is 0 Å². The number of thioether (sulfide) groups is 2. The molecule has 1 aliphatic heterocycles. The van der Waals surface area contributed by atoms with E-state index in [2.05, 4.69) is 14.5 Å². The molecule has 3 rings (SSSR count). The van der Waals surface area contributed by atoms with E-state index >= 15 is 0 Å². The smallest absolute Gasteiger partial charge is 0.406 e. The summed E-state index contributed by atoms with van der Waals surface area (Å²) in [7, 11) is -4.02. The molecule has 0 spiro atoms. The van der Waals surface area contributed by atoms with E-state index < -0.39 is 22.1 Å². The molecule has 0 fully saturated rings. The molecule has 0 atom stereocenters. The first-order chi connectivity index (χ1) is 14.1. The van der Waals surface area contributed by atoms with Gasteiger partial charge in [0.2, 0.25) is 0 Å². The van der Waals surface area contributed by atoms with Crippen LogP contribution < -0.4 is 9.46 Å². The first kappa shape index (κ1) is 22.5. The lowest BCUT2D eigenvalue weighted by Gasteiger charge is -2.11. The first-order valence-corrected chi connectivity index (χ1v) is 11.9. The second kappa shape index (κ2) is 9.31. The van der Waals surface area contributed by atoms with Crippen molar-refractivity contribution in [3.63, 3.8) is 0 Å². The Morgan fingerprint density at radius 3 is 2.37 bits per heavy atom. The third-order valence-electron chi connectivity index (χ3n) is 3.71. The lowest BCUT2D eigenvalue weighted by molar-refractivity contribution is -0.274. The maximum absolute atomic E-state index is 12.4. The molecule has 2 aromatic carbocycles. The van der Waals surface area contributed by atoms with Crippen molar-refractivity contribution in [2.45, 2.75) is 11.3 Å². The Hall–Kier alpha value is -2.18. The summed E-state index contributed by atoms with van der Waals surface area (Å²) >= 11 is 2.98. The van der Waals surface area contributed by atoms with Gasteiger partial charge in [-0.3, -0.25) is 14.5 Å². The van der Waals surface area contributed by atoms with Crippen LogP contribution in [0.2, 0.25) is 0 Å². The fourth-order valence-corrected chi connectivity index (χ4v) is 5.33. The number of aliphatic imine (C=N–C) groups is 1. The van der Waals surface area contributed by atoms with Crippen molar-refractivity contribution >= 4 is 49.4 Å². The van der Waals surface area contributed by atoms with E-state index in [4.69, 9.17) is 0 Å². The highest BCUT2D eigenvalue weighted by Gasteiger charge is 2.31. The summed E-state index contributed by atoms with van der Waals surface area (Å²) in [6, 6.07) is 9.72. The molecule has 1 N–H and O–H groups in total. The zero-order chi connectivity index (χ0) is 21.8. The molecule has 0 radical (unpaired) electrons. The van der Waals surface area contributed by atoms with Crippen LogP contribution in [0.3, 0.4) is 0 Å². The molecule has 1 aliphatic rings. The van der Waals surface area contributed by atoms with Gasteiger partial charge in [-0.1, -0.05) is 23.5 Å². The van der Waals surface area contributed by atoms with Gasteiger partial charge in [0.15, 0.2) is 5.78 Å². The van der Waals surface area contributed by atoms with Gasteiger partial charge in [-0.05, 0) is 48.5 Å². The average Bonchev–Trinajstić information content (AvgIpc) is 3.19. The number of carbonyl (C=O) groups excluding carboxylic acids is 1. The van der Waals surface area contributed by atoms with E-state index in [9.17, 15) is 26.4 Å². The number of anilines is 1. The number of ketones is 1. The summed E-state index contributed by atoms with van der Waals surface area (Å²) in [5.41, 5.74) is 0.647. The maximum atomic E-state index is 12.4. The van der Waals surface area contributed by atoms with E-state index in [1.165, 1.54) is 36.0 Å². The normalized spacial score (nSPS) is 14.3. The van der Waals surface area contributed by atoms with E-state index in [-0.39, 0.29) is 22.1 Å². The van der Waals surface area contributed by atoms with Crippen LogP contribution in [0.5, 0.6) is 5.75 Å². The Morgan fingerprint density at radius 1 is 1.13 bits per heavy atom. The van der Waals surface area contributed by atoms with Crippen molar-refractivity contribution in [2.75, 3.05) is 22.8 Å². The topological polar surface area (TPSA) is 84.8 Å². The summed E-state index contributed by atoms with van der Waals surface area (Å²) < 4.78 is 68.3. The highest BCUT2D eigenvalue weighted by atomic mass is 32.2. The van der Waals surface area contributed by atoms with Crippen molar-refractivity contribution in [1.29, 1.82) is 0 Å². The van der Waals surface area contributed by atoms with Gasteiger partial charge in [0, 0.05) is 17.0 Å². The lowest BCUT2D eigenvalue weighted by atomic mass is 10.1. The maximum Gasteiger partial charge on any atom is 0.573 e. The lowest BCUT2D eigenvalue weighted by Crippen LogP contribution is -2.17. The predicted molar refractivity (Wildman–Crippen MR) is 112 cm³/mol. The molecule has 0 saturated carbocycles. The molecular weight excluding hydrogens is 461 g/mol. The highest BCUT2D eigenvalue weighted by Crippen LogP contribution is 2.25. The Morgan fingerprint density at radius 2 is 1.80 bits per heavy atom. The number of carbonyl (C=O) groups is 1. The molecule has 1 heterocycles. The fraction of sp³-hybridized carbons (Fsp3) is 0.222. The molecule has 2 aromatic rings. The molecule has 160 valence electrons. The zero-order valence-corrected chi connectivity index (χ0v) is 17.6. The second-order valence-electron chi connectivity index (χ2n) is 5.91. The van der Waals surface area contributed by atoms with E-state index in [0.29, 0.717) is 5.56 Å². The van der Waals surface area contributed by atoms with Crippen LogP contribution in [0.4, 0.5) is 18.9 Å². The van der Waals surface area contributed by atoms with E-state index in [1.807, 2.05) is 0 Å². The van der Waals surface area contributed by atoms with Gasteiger partial charge in [-0.15, -0.1) is 13.2 Å². The zero-order valence-electron chi connectivity index (χ0n) is 15.2. The quantitative estimate of drug-likeness (QED) is 0.596. The van der Waals surface area contributed by atoms with Crippen LogP contribution >= 0.6 is 23.5 Å².